The van der Waals surface area contributed by atoms with E-state index in [0.29, 0.717) is 30.6 Å². The number of oxazole rings is 1. The lowest BCUT2D eigenvalue weighted by Gasteiger charge is -2.38. The summed E-state index contributed by atoms with van der Waals surface area (Å²) in [5.74, 6) is 1.47. The Morgan fingerprint density at radius 3 is 2.59 bits per heavy atom. The predicted octanol–water partition coefficient (Wildman–Crippen LogP) is 3.92. The second kappa shape index (κ2) is 10.1. The molecule has 4 aromatic rings. The molecule has 1 aromatic carbocycles. The molecule has 37 heavy (non-hydrogen) atoms. The lowest BCUT2D eigenvalue weighted by atomic mass is 9.95. The first-order valence-electron chi connectivity index (χ1n) is 12.7. The van der Waals surface area contributed by atoms with Crippen LogP contribution in [0.3, 0.4) is 0 Å². The molecular weight excluding hydrogens is 468 g/mol. The minimum absolute atomic E-state index is 0.0110. The van der Waals surface area contributed by atoms with Crippen molar-refractivity contribution in [2.75, 3.05) is 44.2 Å². The van der Waals surface area contributed by atoms with Gasteiger partial charge in [-0.15, -0.1) is 0 Å². The van der Waals surface area contributed by atoms with E-state index in [-0.39, 0.29) is 17.5 Å². The van der Waals surface area contributed by atoms with E-state index in [0.717, 1.165) is 56.5 Å². The van der Waals surface area contributed by atoms with Gasteiger partial charge in [0.1, 0.15) is 6.07 Å². The van der Waals surface area contributed by atoms with Gasteiger partial charge in [0.25, 0.3) is 5.89 Å². The number of fused-ring (bicyclic) bond motifs is 1. The maximum Gasteiger partial charge on any atom is 0.266 e. The third-order valence-electron chi connectivity index (χ3n) is 7.37. The van der Waals surface area contributed by atoms with Crippen molar-refractivity contribution in [3.05, 3.63) is 66.2 Å². The molecule has 9 heteroatoms. The number of carbonyl (C=O) groups is 1. The topological polar surface area (TPSA) is 103 Å². The number of benzene rings is 1. The molecule has 0 bridgehead atoms. The van der Waals surface area contributed by atoms with Gasteiger partial charge in [-0.05, 0) is 36.6 Å². The fourth-order valence-corrected chi connectivity index (χ4v) is 5.35. The molecule has 0 unspecified atom stereocenters. The first kappa shape index (κ1) is 23.3. The van der Waals surface area contributed by atoms with Crippen LogP contribution in [0.5, 0.6) is 0 Å². The molecule has 5 heterocycles. The Hall–Kier alpha value is -4.16. The van der Waals surface area contributed by atoms with Gasteiger partial charge in [-0.3, -0.25) is 14.7 Å². The first-order chi connectivity index (χ1) is 18.2. The fourth-order valence-electron chi connectivity index (χ4n) is 5.35. The zero-order chi connectivity index (χ0) is 25.2. The number of amides is 1. The molecular formula is C28H28N6O3. The standard InChI is InChI=1S/C28H28N6O3/c29-18-23-28(37-26(31-23)24-7-3-17-36-24)34-11-8-21(9-12-34)27(35)33-15-13-32(14-16-33)19-22-5-1-4-20-6-2-10-30-25(20)22/h1-7,10,17,21H,8-9,11-16,19H2. The number of furan rings is 1. The monoisotopic (exact) mass is 496 g/mol. The molecule has 1 amide bonds. The van der Waals surface area contributed by atoms with Crippen LogP contribution in [0.4, 0.5) is 5.88 Å². The van der Waals surface area contributed by atoms with Crippen LogP contribution in [-0.2, 0) is 11.3 Å². The summed E-state index contributed by atoms with van der Waals surface area (Å²) in [5, 5.41) is 10.7. The van der Waals surface area contributed by atoms with Gasteiger partial charge < -0.3 is 18.6 Å². The Balaban J connectivity index is 1.03. The molecule has 2 saturated heterocycles. The molecule has 2 aliphatic heterocycles. The van der Waals surface area contributed by atoms with Crippen LogP contribution in [-0.4, -0.2) is 64.9 Å². The highest BCUT2D eigenvalue weighted by Gasteiger charge is 2.32. The summed E-state index contributed by atoms with van der Waals surface area (Å²) in [6, 6.07) is 16.0. The van der Waals surface area contributed by atoms with Crippen molar-refractivity contribution >= 4 is 22.7 Å². The summed E-state index contributed by atoms with van der Waals surface area (Å²) in [6.45, 7) is 5.32. The Morgan fingerprint density at radius 1 is 1.03 bits per heavy atom. The molecule has 0 spiro atoms. The number of piperidine rings is 1. The van der Waals surface area contributed by atoms with Gasteiger partial charge in [-0.25, -0.2) is 0 Å². The first-order valence-corrected chi connectivity index (χ1v) is 12.7. The average Bonchev–Trinajstić information content (AvgIpc) is 3.64. The van der Waals surface area contributed by atoms with Crippen LogP contribution < -0.4 is 4.90 Å². The number of hydrogen-bond donors (Lipinski definition) is 0. The van der Waals surface area contributed by atoms with Gasteiger partial charge in [-0.2, -0.15) is 10.2 Å². The maximum absolute atomic E-state index is 13.3. The van der Waals surface area contributed by atoms with Crippen molar-refractivity contribution in [2.24, 2.45) is 5.92 Å². The molecule has 0 N–H and O–H groups in total. The Kier molecular flexibility index (Phi) is 6.33. The lowest BCUT2D eigenvalue weighted by Crippen LogP contribution is -2.51. The molecule has 0 aliphatic carbocycles. The quantitative estimate of drug-likeness (QED) is 0.410. The van der Waals surface area contributed by atoms with Crippen LogP contribution in [0, 0.1) is 17.2 Å². The van der Waals surface area contributed by atoms with E-state index >= 15 is 0 Å². The number of hydrogen-bond acceptors (Lipinski definition) is 8. The third kappa shape index (κ3) is 4.68. The summed E-state index contributed by atoms with van der Waals surface area (Å²) < 4.78 is 11.2. The number of anilines is 1. The molecule has 0 saturated carbocycles. The number of aromatic nitrogens is 2. The highest BCUT2D eigenvalue weighted by molar-refractivity contribution is 5.81. The predicted molar refractivity (Wildman–Crippen MR) is 137 cm³/mol. The van der Waals surface area contributed by atoms with Gasteiger partial charge in [0, 0.05) is 63.3 Å². The summed E-state index contributed by atoms with van der Waals surface area (Å²) in [7, 11) is 0. The third-order valence-corrected chi connectivity index (χ3v) is 7.37. The van der Waals surface area contributed by atoms with Gasteiger partial charge in [0.2, 0.25) is 17.5 Å². The van der Waals surface area contributed by atoms with E-state index in [1.165, 1.54) is 5.56 Å². The number of carbonyl (C=O) groups excluding carboxylic acids is 1. The van der Waals surface area contributed by atoms with Gasteiger partial charge in [0.05, 0.1) is 11.8 Å². The summed E-state index contributed by atoms with van der Waals surface area (Å²) in [5.41, 5.74) is 2.52. The molecule has 2 fully saturated rings. The minimum atomic E-state index is -0.0110. The van der Waals surface area contributed by atoms with Gasteiger partial charge >= 0.3 is 0 Å². The maximum atomic E-state index is 13.3. The lowest BCUT2D eigenvalue weighted by molar-refractivity contribution is -0.138. The molecule has 0 atom stereocenters. The Morgan fingerprint density at radius 2 is 1.84 bits per heavy atom. The Labute approximate surface area is 214 Å². The van der Waals surface area contributed by atoms with Crippen molar-refractivity contribution in [3.8, 4) is 17.7 Å². The van der Waals surface area contributed by atoms with Crippen molar-refractivity contribution in [1.29, 1.82) is 5.26 Å². The van der Waals surface area contributed by atoms with E-state index in [4.69, 9.17) is 8.83 Å². The second-order valence-electron chi connectivity index (χ2n) is 9.62. The van der Waals surface area contributed by atoms with Crippen LogP contribution in [0.2, 0.25) is 0 Å². The van der Waals surface area contributed by atoms with Crippen molar-refractivity contribution in [1.82, 2.24) is 19.8 Å². The van der Waals surface area contributed by atoms with Gasteiger partial charge in [-0.1, -0.05) is 24.3 Å². The second-order valence-corrected chi connectivity index (χ2v) is 9.62. The van der Waals surface area contributed by atoms with Gasteiger partial charge in [0.15, 0.2) is 5.76 Å². The average molecular weight is 497 g/mol. The molecule has 6 rings (SSSR count). The largest absolute Gasteiger partial charge is 0.459 e. The van der Waals surface area contributed by atoms with Crippen LogP contribution in [0.15, 0.2) is 63.8 Å². The number of para-hydroxylation sites is 1. The minimum Gasteiger partial charge on any atom is -0.459 e. The Bertz CT molecular complexity index is 1420. The van der Waals surface area contributed by atoms with E-state index in [1.807, 2.05) is 22.1 Å². The molecule has 9 nitrogen and oxygen atoms in total. The van der Waals surface area contributed by atoms with Crippen LogP contribution >= 0.6 is 0 Å². The fraction of sp³-hybridized carbons (Fsp3) is 0.357. The highest BCUT2D eigenvalue weighted by Crippen LogP contribution is 2.32. The van der Waals surface area contributed by atoms with Crippen LogP contribution in [0.1, 0.15) is 24.1 Å². The van der Waals surface area contributed by atoms with E-state index in [1.54, 1.807) is 18.4 Å². The summed E-state index contributed by atoms with van der Waals surface area (Å²) >= 11 is 0. The number of nitriles is 1. The van der Waals surface area contributed by atoms with Crippen molar-refractivity contribution in [2.45, 2.75) is 19.4 Å². The van der Waals surface area contributed by atoms with Crippen LogP contribution in [0.25, 0.3) is 22.6 Å². The molecule has 3 aromatic heterocycles. The highest BCUT2D eigenvalue weighted by atomic mass is 16.4. The molecule has 0 radical (unpaired) electrons. The van der Waals surface area contributed by atoms with Crippen molar-refractivity contribution < 1.29 is 13.6 Å². The SMILES string of the molecule is N#Cc1nc(-c2ccco2)oc1N1CCC(C(=O)N2CCN(Cc3cccc4cccnc34)CC2)CC1. The normalized spacial score (nSPS) is 17.3. The molecule has 188 valence electrons. The van der Waals surface area contributed by atoms with E-state index in [9.17, 15) is 10.1 Å². The molecule has 2 aliphatic rings. The van der Waals surface area contributed by atoms with E-state index in [2.05, 4.69) is 45.2 Å². The summed E-state index contributed by atoms with van der Waals surface area (Å²) in [6.07, 6.45) is 4.84. The van der Waals surface area contributed by atoms with Crippen molar-refractivity contribution in [3.63, 3.8) is 0 Å². The summed E-state index contributed by atoms with van der Waals surface area (Å²) in [4.78, 5) is 28.6. The zero-order valence-corrected chi connectivity index (χ0v) is 20.5. The zero-order valence-electron chi connectivity index (χ0n) is 20.5. The number of pyridine rings is 1. The number of piperazine rings is 1. The number of rotatable bonds is 5. The van der Waals surface area contributed by atoms with E-state index < -0.39 is 0 Å². The number of nitrogens with zero attached hydrogens (tertiary/aromatic N) is 6. The smallest absolute Gasteiger partial charge is 0.266 e.